The highest BCUT2D eigenvalue weighted by Crippen LogP contribution is 2.23. The molecule has 0 aliphatic rings. The Kier molecular flexibility index (Phi) is 4.75. The molecule has 5 heteroatoms. The topological polar surface area (TPSA) is 53.4 Å². The van der Waals surface area contributed by atoms with Crippen molar-refractivity contribution in [3.63, 3.8) is 0 Å². The highest BCUT2D eigenvalue weighted by atomic mass is 35.5. The van der Waals surface area contributed by atoms with Crippen LogP contribution in [0.1, 0.15) is 37.6 Å². The Morgan fingerprint density at radius 2 is 2.18 bits per heavy atom. The summed E-state index contributed by atoms with van der Waals surface area (Å²) in [5, 5.41) is 9.46. The van der Waals surface area contributed by atoms with Crippen LogP contribution in [-0.4, -0.2) is 28.6 Å². The summed E-state index contributed by atoms with van der Waals surface area (Å²) in [7, 11) is 0. The van der Waals surface area contributed by atoms with Gasteiger partial charge in [0.15, 0.2) is 0 Å². The minimum atomic E-state index is -0.981. The third-order valence-corrected chi connectivity index (χ3v) is 2.64. The van der Waals surface area contributed by atoms with Crippen molar-refractivity contribution in [1.29, 1.82) is 0 Å². The summed E-state index contributed by atoms with van der Waals surface area (Å²) in [5.41, 5.74) is 0.191. The molecule has 0 fully saturated rings. The van der Waals surface area contributed by atoms with Crippen LogP contribution in [-0.2, 0) is 0 Å². The van der Waals surface area contributed by atoms with Gasteiger partial charge >= 0.3 is 5.97 Å². The van der Waals surface area contributed by atoms with E-state index in [4.69, 9.17) is 16.7 Å². The number of aromatic carboxylic acids is 1. The fraction of sp³-hybridized carbons (Fsp3) is 0.500. The molecule has 0 atom stereocenters. The van der Waals surface area contributed by atoms with Crippen molar-refractivity contribution < 1.29 is 9.90 Å². The molecule has 0 saturated carbocycles. The predicted molar refractivity (Wildman–Crippen MR) is 69.0 cm³/mol. The Bertz CT molecular complexity index is 407. The first-order chi connectivity index (χ1) is 7.97. The van der Waals surface area contributed by atoms with E-state index in [1.807, 2.05) is 25.7 Å². The van der Waals surface area contributed by atoms with Crippen molar-refractivity contribution in [2.75, 3.05) is 11.4 Å². The number of carbonyl (C=O) groups is 1. The van der Waals surface area contributed by atoms with Crippen LogP contribution in [0.2, 0.25) is 5.15 Å². The molecule has 0 radical (unpaired) electrons. The first-order valence-corrected chi connectivity index (χ1v) is 6.01. The van der Waals surface area contributed by atoms with Gasteiger partial charge in [-0.1, -0.05) is 18.5 Å². The zero-order valence-corrected chi connectivity index (χ0v) is 11.0. The Balaban J connectivity index is 3.24. The maximum absolute atomic E-state index is 11.2. The van der Waals surface area contributed by atoms with Gasteiger partial charge in [-0.2, -0.15) is 0 Å². The minimum Gasteiger partial charge on any atom is -0.478 e. The monoisotopic (exact) mass is 256 g/mol. The van der Waals surface area contributed by atoms with Crippen molar-refractivity contribution in [3.05, 3.63) is 22.8 Å². The third kappa shape index (κ3) is 3.33. The van der Waals surface area contributed by atoms with E-state index >= 15 is 0 Å². The van der Waals surface area contributed by atoms with Crippen LogP contribution in [0.5, 0.6) is 0 Å². The molecule has 0 spiro atoms. The van der Waals surface area contributed by atoms with Crippen molar-refractivity contribution in [2.45, 2.75) is 33.2 Å². The minimum absolute atomic E-state index is 0.180. The predicted octanol–water partition coefficient (Wildman–Crippen LogP) is 3.06. The van der Waals surface area contributed by atoms with E-state index in [0.29, 0.717) is 11.0 Å². The van der Waals surface area contributed by atoms with Crippen molar-refractivity contribution >= 4 is 23.4 Å². The van der Waals surface area contributed by atoms with E-state index in [-0.39, 0.29) is 11.6 Å². The van der Waals surface area contributed by atoms with Gasteiger partial charge in [-0.3, -0.25) is 0 Å². The molecule has 0 saturated heterocycles. The number of carboxylic acids is 1. The van der Waals surface area contributed by atoms with E-state index in [9.17, 15) is 4.79 Å². The van der Waals surface area contributed by atoms with Gasteiger partial charge in [0.05, 0.1) is 0 Å². The molecule has 1 aromatic rings. The largest absolute Gasteiger partial charge is 0.478 e. The van der Waals surface area contributed by atoms with Crippen LogP contribution in [0, 0.1) is 0 Å². The Morgan fingerprint density at radius 1 is 1.53 bits per heavy atom. The molecule has 0 aliphatic heterocycles. The van der Waals surface area contributed by atoms with Crippen LogP contribution in [0.25, 0.3) is 0 Å². The molecule has 4 nitrogen and oxygen atoms in total. The molecule has 94 valence electrons. The van der Waals surface area contributed by atoms with Crippen LogP contribution in [0.4, 0.5) is 5.82 Å². The maximum atomic E-state index is 11.2. The molecule has 0 aromatic carbocycles. The number of carboxylic acid groups (broad SMARTS) is 1. The second-order valence-electron chi connectivity index (χ2n) is 4.10. The second-order valence-corrected chi connectivity index (χ2v) is 4.48. The van der Waals surface area contributed by atoms with Gasteiger partial charge in [-0.25, -0.2) is 9.78 Å². The molecule has 1 N–H and O–H groups in total. The average Bonchev–Trinajstić information content (AvgIpc) is 2.24. The van der Waals surface area contributed by atoms with Crippen LogP contribution < -0.4 is 4.90 Å². The fourth-order valence-electron chi connectivity index (χ4n) is 1.66. The molecule has 0 amide bonds. The van der Waals surface area contributed by atoms with Gasteiger partial charge in [0.2, 0.25) is 0 Å². The van der Waals surface area contributed by atoms with Gasteiger partial charge in [-0.05, 0) is 32.4 Å². The second kappa shape index (κ2) is 5.87. The molecule has 0 unspecified atom stereocenters. The standard InChI is InChI=1S/C12H17ClN2O2/c1-4-7-15(8(2)3)11-9(12(16)17)5-6-10(13)14-11/h5-6,8H,4,7H2,1-3H3,(H,16,17). The number of rotatable bonds is 5. The summed E-state index contributed by atoms with van der Waals surface area (Å²) in [6.07, 6.45) is 0.922. The molecule has 17 heavy (non-hydrogen) atoms. The zero-order chi connectivity index (χ0) is 13.0. The van der Waals surface area contributed by atoms with Gasteiger partial charge in [0, 0.05) is 12.6 Å². The highest BCUT2D eigenvalue weighted by Gasteiger charge is 2.19. The van der Waals surface area contributed by atoms with E-state index in [0.717, 1.165) is 13.0 Å². The van der Waals surface area contributed by atoms with E-state index < -0.39 is 5.97 Å². The molecular weight excluding hydrogens is 240 g/mol. The maximum Gasteiger partial charge on any atom is 0.339 e. The Morgan fingerprint density at radius 3 is 2.65 bits per heavy atom. The molecule has 0 bridgehead atoms. The lowest BCUT2D eigenvalue weighted by molar-refractivity contribution is 0.0697. The fourth-order valence-corrected chi connectivity index (χ4v) is 1.80. The lowest BCUT2D eigenvalue weighted by Gasteiger charge is -2.28. The molecule has 0 aliphatic carbocycles. The number of nitrogens with zero attached hydrogens (tertiary/aromatic N) is 2. The van der Waals surface area contributed by atoms with Crippen molar-refractivity contribution in [1.82, 2.24) is 4.98 Å². The Hall–Kier alpha value is -1.29. The van der Waals surface area contributed by atoms with E-state index in [2.05, 4.69) is 4.98 Å². The summed E-state index contributed by atoms with van der Waals surface area (Å²) < 4.78 is 0. The Labute approximate surface area is 106 Å². The van der Waals surface area contributed by atoms with E-state index in [1.54, 1.807) is 0 Å². The number of halogens is 1. The summed E-state index contributed by atoms with van der Waals surface area (Å²) in [5.74, 6) is -0.534. The third-order valence-electron chi connectivity index (χ3n) is 2.43. The summed E-state index contributed by atoms with van der Waals surface area (Å²) in [6, 6.07) is 3.18. The number of pyridine rings is 1. The van der Waals surface area contributed by atoms with Crippen LogP contribution in [0.3, 0.4) is 0 Å². The molecule has 1 aromatic heterocycles. The van der Waals surface area contributed by atoms with Gasteiger partial charge < -0.3 is 10.0 Å². The normalized spacial score (nSPS) is 10.6. The molecule has 1 heterocycles. The van der Waals surface area contributed by atoms with Gasteiger partial charge in [-0.15, -0.1) is 0 Å². The van der Waals surface area contributed by atoms with Gasteiger partial charge in [0.1, 0.15) is 16.5 Å². The molecular formula is C12H17ClN2O2. The first-order valence-electron chi connectivity index (χ1n) is 5.63. The zero-order valence-electron chi connectivity index (χ0n) is 10.3. The van der Waals surface area contributed by atoms with Gasteiger partial charge in [0.25, 0.3) is 0 Å². The van der Waals surface area contributed by atoms with E-state index in [1.165, 1.54) is 12.1 Å². The highest BCUT2D eigenvalue weighted by molar-refractivity contribution is 6.29. The number of hydrogen-bond acceptors (Lipinski definition) is 3. The number of anilines is 1. The van der Waals surface area contributed by atoms with Crippen molar-refractivity contribution in [2.24, 2.45) is 0 Å². The smallest absolute Gasteiger partial charge is 0.339 e. The van der Waals surface area contributed by atoms with Crippen molar-refractivity contribution in [3.8, 4) is 0 Å². The molecule has 1 rings (SSSR count). The van der Waals surface area contributed by atoms with Crippen LogP contribution in [0.15, 0.2) is 12.1 Å². The number of hydrogen-bond donors (Lipinski definition) is 1. The lowest BCUT2D eigenvalue weighted by Crippen LogP contribution is -2.33. The summed E-state index contributed by atoms with van der Waals surface area (Å²) in [4.78, 5) is 17.3. The van der Waals surface area contributed by atoms with Crippen LogP contribution >= 0.6 is 11.6 Å². The lowest BCUT2D eigenvalue weighted by atomic mass is 10.2. The summed E-state index contributed by atoms with van der Waals surface area (Å²) in [6.45, 7) is 6.80. The quantitative estimate of drug-likeness (QED) is 0.823. The first kappa shape index (κ1) is 13.8. The number of aromatic nitrogens is 1. The average molecular weight is 257 g/mol. The summed E-state index contributed by atoms with van der Waals surface area (Å²) >= 11 is 5.84. The SMILES string of the molecule is CCCN(c1nc(Cl)ccc1C(=O)O)C(C)C.